The smallest absolute Gasteiger partial charge is 0.338 e. The van der Waals surface area contributed by atoms with Crippen LogP contribution in [0.3, 0.4) is 0 Å². The van der Waals surface area contributed by atoms with Gasteiger partial charge < -0.3 is 38.3 Å². The Morgan fingerprint density at radius 2 is 0.818 bits per heavy atom. The Hall–Kier alpha value is -8.26. The normalized spacial score (nSPS) is 11.1. The van der Waals surface area contributed by atoms with Crippen LogP contribution in [0, 0.1) is 5.92 Å². The third kappa shape index (κ3) is 31.4. The van der Waals surface area contributed by atoms with Crippen LogP contribution in [0.25, 0.3) is 33.7 Å². The lowest BCUT2D eigenvalue weighted by molar-refractivity contribution is -0.139. The number of carbonyl (C=O) groups is 6. The number of carboxylic acids is 1. The molecule has 0 saturated heterocycles. The monoisotopic (exact) mass is 1220 g/mol. The predicted octanol–water partition coefficient (Wildman–Crippen LogP) is 19.1. The van der Waals surface area contributed by atoms with Gasteiger partial charge in [0, 0.05) is 12.2 Å². The summed E-state index contributed by atoms with van der Waals surface area (Å²) in [6.07, 6.45) is 14.6. The van der Waals surface area contributed by atoms with Crippen LogP contribution >= 0.6 is 0 Å². The fourth-order valence-corrected chi connectivity index (χ4v) is 7.97. The standard InChI is InChI=1S/C22H28O4.C20H30O3.C15H14O4.C13H16O3.4CH4/c1-5-7-8-20(6-2)26-22(24)18-12-10-16-9-11-17(13-19(16)14-18)21(23)25-15(3)4;1-5-7-8-17(6-2)15-22-20(21)14-11-18-9-12-19(13-10-18)23-16(3)4;1-9(2)19-15(18)12-6-4-10-3-5-11(14(16)17)7-13(10)8-12;1-10(2)16-12-7-4-11(5-8-12)6-9-13(14)15-3;;;;/h9-15,20H,5-8H2,1-4H3;9-14,16-17H,5-8,15H2,1-4H3;3-9H,1-2H3,(H,16,17);4-10H,1-3H3;4*1H4/b;14-11+;;9-6+;;;;. The van der Waals surface area contributed by atoms with Gasteiger partial charge in [0.1, 0.15) is 17.6 Å². The number of ether oxygens (including phenoxy) is 7. The van der Waals surface area contributed by atoms with Gasteiger partial charge in [-0.25, -0.2) is 28.8 Å². The van der Waals surface area contributed by atoms with E-state index in [0.717, 1.165) is 77.3 Å². The van der Waals surface area contributed by atoms with Crippen LogP contribution in [0.1, 0.15) is 217 Å². The average Bonchev–Trinajstić information content (AvgIpc) is 1.85. The second-order valence-electron chi connectivity index (χ2n) is 21.1. The summed E-state index contributed by atoms with van der Waals surface area (Å²) in [6.45, 7) is 24.1. The van der Waals surface area contributed by atoms with Gasteiger partial charge in [-0.1, -0.05) is 138 Å². The van der Waals surface area contributed by atoms with E-state index in [4.69, 9.17) is 33.5 Å². The molecule has 0 aliphatic rings. The molecule has 2 unspecified atom stereocenters. The fraction of sp³-hybridized carbons (Fsp3) is 0.432. The molecular formula is C74H104O14. The van der Waals surface area contributed by atoms with E-state index >= 15 is 0 Å². The molecule has 14 heteroatoms. The summed E-state index contributed by atoms with van der Waals surface area (Å²) in [5, 5.41) is 12.3. The van der Waals surface area contributed by atoms with Crippen LogP contribution < -0.4 is 9.47 Å². The van der Waals surface area contributed by atoms with Crippen molar-refractivity contribution in [2.75, 3.05) is 13.7 Å². The van der Waals surface area contributed by atoms with Gasteiger partial charge in [0.05, 0.1) is 60.4 Å². The molecule has 0 amide bonds. The minimum absolute atomic E-state index is 0. The Morgan fingerprint density at radius 3 is 1.17 bits per heavy atom. The van der Waals surface area contributed by atoms with Gasteiger partial charge >= 0.3 is 35.8 Å². The summed E-state index contributed by atoms with van der Waals surface area (Å²) in [7, 11) is 1.35. The number of aromatic carboxylic acids is 1. The molecular weight excluding hydrogens is 1110 g/mol. The Balaban J connectivity index is 0. The molecule has 0 heterocycles. The maximum absolute atomic E-state index is 12.5. The number of carbonyl (C=O) groups excluding carboxylic acids is 5. The van der Waals surface area contributed by atoms with E-state index in [1.54, 1.807) is 80.6 Å². The highest BCUT2D eigenvalue weighted by Crippen LogP contribution is 2.23. The summed E-state index contributed by atoms with van der Waals surface area (Å²) in [5.74, 6) is -0.573. The van der Waals surface area contributed by atoms with Crippen LogP contribution in [-0.2, 0) is 33.3 Å². The minimum Gasteiger partial charge on any atom is -0.491 e. The maximum atomic E-state index is 12.5. The van der Waals surface area contributed by atoms with Crippen LogP contribution in [0.5, 0.6) is 11.5 Å². The van der Waals surface area contributed by atoms with Gasteiger partial charge in [0.15, 0.2) is 0 Å². The lowest BCUT2D eigenvalue weighted by Crippen LogP contribution is -2.17. The minimum atomic E-state index is -0.989. The van der Waals surface area contributed by atoms with Gasteiger partial charge in [0.25, 0.3) is 0 Å². The van der Waals surface area contributed by atoms with Gasteiger partial charge in [-0.2, -0.15) is 0 Å². The lowest BCUT2D eigenvalue weighted by atomic mass is 10.0. The van der Waals surface area contributed by atoms with Crippen molar-refractivity contribution in [3.8, 4) is 11.5 Å². The summed E-state index contributed by atoms with van der Waals surface area (Å²) in [6, 6.07) is 35.8. The molecule has 0 saturated carbocycles. The van der Waals surface area contributed by atoms with Gasteiger partial charge in [-0.3, -0.25) is 0 Å². The van der Waals surface area contributed by atoms with Crippen LogP contribution in [0.2, 0.25) is 0 Å². The number of hydrogen-bond acceptors (Lipinski definition) is 13. The largest absolute Gasteiger partial charge is 0.491 e. The van der Waals surface area contributed by atoms with Crippen LogP contribution in [0.4, 0.5) is 0 Å². The lowest BCUT2D eigenvalue weighted by Gasteiger charge is -2.16. The van der Waals surface area contributed by atoms with Crippen molar-refractivity contribution in [2.24, 2.45) is 5.92 Å². The van der Waals surface area contributed by atoms with Gasteiger partial charge in [-0.15, -0.1) is 0 Å². The molecule has 0 aromatic heterocycles. The number of carboxylic acid groups (broad SMARTS) is 1. The second-order valence-corrected chi connectivity index (χ2v) is 21.1. The van der Waals surface area contributed by atoms with Gasteiger partial charge in [-0.05, 0) is 198 Å². The highest BCUT2D eigenvalue weighted by molar-refractivity contribution is 6.00. The Kier molecular flexibility index (Phi) is 41.1. The first-order chi connectivity index (χ1) is 40.1. The molecule has 0 spiro atoms. The number of unbranched alkanes of at least 4 members (excludes halogenated alkanes) is 2. The van der Waals surface area contributed by atoms with E-state index < -0.39 is 11.9 Å². The first kappa shape index (κ1) is 81.8. The first-order valence-electron chi connectivity index (χ1n) is 29.2. The number of esters is 5. The number of fused-ring (bicyclic) bond motifs is 2. The quantitative estimate of drug-likeness (QED) is 0.0324. The maximum Gasteiger partial charge on any atom is 0.338 e. The highest BCUT2D eigenvalue weighted by atomic mass is 16.6. The number of benzene rings is 6. The van der Waals surface area contributed by atoms with E-state index in [2.05, 4.69) is 25.5 Å². The molecule has 0 fully saturated rings. The molecule has 484 valence electrons. The van der Waals surface area contributed by atoms with Crippen molar-refractivity contribution in [3.63, 3.8) is 0 Å². The topological polar surface area (TPSA) is 187 Å². The van der Waals surface area contributed by atoms with E-state index in [-0.39, 0.29) is 89.7 Å². The zero-order chi connectivity index (χ0) is 62.1. The van der Waals surface area contributed by atoms with Crippen molar-refractivity contribution in [2.45, 2.75) is 195 Å². The molecule has 0 radical (unpaired) electrons. The van der Waals surface area contributed by atoms with Gasteiger partial charge in [0.2, 0.25) is 0 Å². The zero-order valence-corrected chi connectivity index (χ0v) is 51.4. The molecule has 0 aliphatic heterocycles. The molecule has 1 N–H and O–H groups in total. The molecule has 0 bridgehead atoms. The molecule has 0 aliphatic carbocycles. The number of rotatable bonds is 25. The molecule has 6 rings (SSSR count). The second kappa shape index (κ2) is 44.2. The van der Waals surface area contributed by atoms with Crippen LogP contribution in [-0.4, -0.2) is 85.2 Å². The average molecular weight is 1220 g/mol. The molecule has 14 nitrogen and oxygen atoms in total. The van der Waals surface area contributed by atoms with Crippen LogP contribution in [0.15, 0.2) is 133 Å². The fourth-order valence-electron chi connectivity index (χ4n) is 7.97. The van der Waals surface area contributed by atoms with Crippen molar-refractivity contribution in [3.05, 3.63) is 167 Å². The Bertz CT molecular complexity index is 3060. The summed E-state index contributed by atoms with van der Waals surface area (Å²) >= 11 is 0. The molecule has 6 aromatic carbocycles. The van der Waals surface area contributed by atoms with Crippen molar-refractivity contribution in [1.82, 2.24) is 0 Å². The third-order valence-electron chi connectivity index (χ3n) is 12.5. The van der Waals surface area contributed by atoms with E-state index in [0.29, 0.717) is 34.6 Å². The Labute approximate surface area is 527 Å². The third-order valence-corrected chi connectivity index (χ3v) is 12.5. The molecule has 88 heavy (non-hydrogen) atoms. The number of hydrogen-bond donors (Lipinski definition) is 1. The van der Waals surface area contributed by atoms with E-state index in [1.165, 1.54) is 38.2 Å². The molecule has 6 aromatic rings. The Morgan fingerprint density at radius 1 is 0.443 bits per heavy atom. The predicted molar refractivity (Wildman–Crippen MR) is 361 cm³/mol. The summed E-state index contributed by atoms with van der Waals surface area (Å²) in [4.78, 5) is 69.9. The SMILES string of the molecule is C.C.C.C.CC(C)OC(=O)c1ccc2ccc(C(=O)O)cc2c1.CCCCC(CC)COC(=O)/C=C/c1ccc(OC(C)C)cc1.CCCCC(CC)OC(=O)c1ccc2ccc(C(=O)OC(C)C)cc2c1.COC(=O)/C=C/c1ccc(OC(C)C)cc1. The first-order valence-corrected chi connectivity index (χ1v) is 29.2. The molecule has 2 atom stereocenters. The highest BCUT2D eigenvalue weighted by Gasteiger charge is 2.17. The number of methoxy groups -OCH3 is 1. The summed E-state index contributed by atoms with van der Waals surface area (Å²) in [5.41, 5.74) is 3.48. The van der Waals surface area contributed by atoms with Crippen molar-refractivity contribution in [1.29, 1.82) is 0 Å². The summed E-state index contributed by atoms with van der Waals surface area (Å²) < 4.78 is 36.9. The van der Waals surface area contributed by atoms with E-state index in [1.807, 2.05) is 109 Å². The van der Waals surface area contributed by atoms with E-state index in [9.17, 15) is 28.8 Å². The zero-order valence-electron chi connectivity index (χ0n) is 51.4. The van der Waals surface area contributed by atoms with Crippen molar-refractivity contribution < 1.29 is 67.0 Å². The van der Waals surface area contributed by atoms with Crippen molar-refractivity contribution >= 4 is 69.5 Å².